The summed E-state index contributed by atoms with van der Waals surface area (Å²) >= 11 is 0. The molecule has 0 amide bonds. The lowest BCUT2D eigenvalue weighted by Gasteiger charge is -2.23. The molecule has 5 N–H and O–H groups in total. The summed E-state index contributed by atoms with van der Waals surface area (Å²) < 4.78 is 0. The molecule has 0 bridgehead atoms. The minimum absolute atomic E-state index is 0.156. The summed E-state index contributed by atoms with van der Waals surface area (Å²) in [6.45, 7) is 4.74. The van der Waals surface area contributed by atoms with E-state index in [1.54, 1.807) is 0 Å². The Hall–Kier alpha value is -3.23. The van der Waals surface area contributed by atoms with Gasteiger partial charge in [-0.05, 0) is 66.8 Å². The molecule has 0 fully saturated rings. The lowest BCUT2D eigenvalue weighted by atomic mass is 9.91. The highest BCUT2D eigenvalue weighted by molar-refractivity contribution is 5.75. The molecule has 0 spiro atoms. The molecule has 0 radical (unpaired) electrons. The fourth-order valence-electron chi connectivity index (χ4n) is 4.32. The van der Waals surface area contributed by atoms with Crippen LogP contribution in [-0.4, -0.2) is 19.6 Å². The number of fused-ring (bicyclic) bond motifs is 1. The van der Waals surface area contributed by atoms with Crippen LogP contribution in [0.25, 0.3) is 11.3 Å². The van der Waals surface area contributed by atoms with Crippen molar-refractivity contribution < 1.29 is 0 Å². The van der Waals surface area contributed by atoms with Gasteiger partial charge < -0.3 is 21.7 Å². The van der Waals surface area contributed by atoms with E-state index in [2.05, 4.69) is 58.4 Å². The Morgan fingerprint density at radius 3 is 2.90 bits per heavy atom. The molecule has 4 rings (SSSR count). The summed E-state index contributed by atoms with van der Waals surface area (Å²) in [5.74, 6) is 0. The number of anilines is 1. The molecule has 2 heterocycles. The van der Waals surface area contributed by atoms with Gasteiger partial charge in [0.1, 0.15) is 0 Å². The van der Waals surface area contributed by atoms with Crippen molar-refractivity contribution in [3.8, 4) is 6.07 Å². The third-order valence-corrected chi connectivity index (χ3v) is 5.81. The van der Waals surface area contributed by atoms with E-state index in [9.17, 15) is 0 Å². The minimum Gasteiger partial charge on any atom is -0.401 e. The Morgan fingerprint density at radius 1 is 1.23 bits per heavy atom. The molecule has 0 saturated carbocycles. The van der Waals surface area contributed by atoms with E-state index in [0.717, 1.165) is 60.7 Å². The van der Waals surface area contributed by atoms with Crippen molar-refractivity contribution in [1.29, 1.82) is 5.26 Å². The monoisotopic (exact) mass is 399 g/mol. The van der Waals surface area contributed by atoms with Gasteiger partial charge in [-0.25, -0.2) is 0 Å². The lowest BCUT2D eigenvalue weighted by Crippen LogP contribution is -2.20. The molecule has 2 aliphatic heterocycles. The standard InChI is InChI=1S/C25H29N5/c1-17(27)25-22-6-5-20(19-8-12-28-13-9-19)16-23(22)24(10-14-29-25)30-21-4-2-3-18(15-21)7-11-26/h2-6,8,15-16,24,28-30H,7,9-10,12-14,27H2,1H3/b25-17-. The highest BCUT2D eigenvalue weighted by Crippen LogP contribution is 2.35. The Morgan fingerprint density at radius 2 is 2.13 bits per heavy atom. The molecular weight excluding hydrogens is 370 g/mol. The highest BCUT2D eigenvalue weighted by Gasteiger charge is 2.23. The normalized spacial score (nSPS) is 20.1. The fraction of sp³-hybridized carbons (Fsp3) is 0.320. The molecule has 2 aromatic rings. The average molecular weight is 400 g/mol. The average Bonchev–Trinajstić information content (AvgIpc) is 2.94. The van der Waals surface area contributed by atoms with E-state index in [-0.39, 0.29) is 6.04 Å². The molecule has 5 nitrogen and oxygen atoms in total. The number of rotatable bonds is 4. The van der Waals surface area contributed by atoms with Gasteiger partial charge in [0.15, 0.2) is 0 Å². The van der Waals surface area contributed by atoms with Crippen LogP contribution in [0.5, 0.6) is 0 Å². The highest BCUT2D eigenvalue weighted by atomic mass is 15.0. The predicted molar refractivity (Wildman–Crippen MR) is 123 cm³/mol. The Balaban J connectivity index is 1.74. The van der Waals surface area contributed by atoms with Gasteiger partial charge in [0, 0.05) is 30.0 Å². The molecule has 0 aliphatic carbocycles. The van der Waals surface area contributed by atoms with E-state index in [1.165, 1.54) is 16.7 Å². The molecule has 1 unspecified atom stereocenters. The van der Waals surface area contributed by atoms with Crippen molar-refractivity contribution in [2.24, 2.45) is 5.73 Å². The van der Waals surface area contributed by atoms with Crippen molar-refractivity contribution in [1.82, 2.24) is 10.6 Å². The topological polar surface area (TPSA) is 85.9 Å². The molecule has 2 aromatic carbocycles. The number of nitrogens with one attached hydrogen (secondary N) is 3. The van der Waals surface area contributed by atoms with E-state index >= 15 is 0 Å². The maximum atomic E-state index is 9.03. The summed E-state index contributed by atoms with van der Waals surface area (Å²) in [6, 6.07) is 17.3. The van der Waals surface area contributed by atoms with Gasteiger partial charge in [-0.2, -0.15) is 5.26 Å². The first-order valence-corrected chi connectivity index (χ1v) is 10.6. The van der Waals surface area contributed by atoms with E-state index in [0.29, 0.717) is 6.42 Å². The van der Waals surface area contributed by atoms with Crippen molar-refractivity contribution in [2.45, 2.75) is 32.2 Å². The second kappa shape index (κ2) is 9.06. The maximum Gasteiger partial charge on any atom is 0.0669 e. The van der Waals surface area contributed by atoms with E-state index in [4.69, 9.17) is 11.0 Å². The number of nitrogens with two attached hydrogens (primary N) is 1. The number of hydrogen-bond donors (Lipinski definition) is 4. The molecule has 154 valence electrons. The van der Waals surface area contributed by atoms with Crippen molar-refractivity contribution >= 4 is 17.0 Å². The molecule has 0 aromatic heterocycles. The van der Waals surface area contributed by atoms with Crippen LogP contribution in [0.1, 0.15) is 48.1 Å². The molecule has 2 aliphatic rings. The summed E-state index contributed by atoms with van der Waals surface area (Å²) in [5.41, 5.74) is 15.3. The first kappa shape index (κ1) is 20.1. The molecule has 30 heavy (non-hydrogen) atoms. The van der Waals surface area contributed by atoms with Gasteiger partial charge in [-0.1, -0.05) is 30.3 Å². The number of allylic oxidation sites excluding steroid dienone is 1. The lowest BCUT2D eigenvalue weighted by molar-refractivity contribution is 0.682. The number of nitriles is 1. The van der Waals surface area contributed by atoms with Crippen molar-refractivity contribution in [3.05, 3.63) is 76.5 Å². The summed E-state index contributed by atoms with van der Waals surface area (Å²) in [4.78, 5) is 0. The third kappa shape index (κ3) is 4.34. The number of nitrogens with zero attached hydrogens (tertiary/aromatic N) is 1. The van der Waals surface area contributed by atoms with Gasteiger partial charge in [-0.15, -0.1) is 0 Å². The molecule has 0 saturated heterocycles. The third-order valence-electron chi connectivity index (χ3n) is 5.81. The Kier molecular flexibility index (Phi) is 6.06. The first-order valence-electron chi connectivity index (χ1n) is 10.6. The fourth-order valence-corrected chi connectivity index (χ4v) is 4.32. The van der Waals surface area contributed by atoms with Gasteiger partial charge in [-0.3, -0.25) is 0 Å². The van der Waals surface area contributed by atoms with Crippen molar-refractivity contribution in [3.63, 3.8) is 0 Å². The SMILES string of the molecule is C/C(N)=C1/NCCC(Nc2cccc(CC#N)c2)c2cc(C3=CCNCC3)ccc21. The number of benzene rings is 2. The van der Waals surface area contributed by atoms with E-state index < -0.39 is 0 Å². The van der Waals surface area contributed by atoms with Gasteiger partial charge in [0.25, 0.3) is 0 Å². The van der Waals surface area contributed by atoms with Crippen LogP contribution >= 0.6 is 0 Å². The first-order chi connectivity index (χ1) is 14.7. The molecule has 1 atom stereocenters. The minimum atomic E-state index is 0.156. The van der Waals surface area contributed by atoms with Crippen LogP contribution < -0.4 is 21.7 Å². The van der Waals surface area contributed by atoms with Gasteiger partial charge in [0.05, 0.1) is 24.2 Å². The Bertz CT molecular complexity index is 1020. The van der Waals surface area contributed by atoms with Crippen molar-refractivity contribution in [2.75, 3.05) is 25.0 Å². The second-order valence-electron chi connectivity index (χ2n) is 7.99. The van der Waals surface area contributed by atoms with Crippen LogP contribution in [0, 0.1) is 11.3 Å². The zero-order chi connectivity index (χ0) is 20.9. The number of hydrogen-bond acceptors (Lipinski definition) is 5. The summed E-state index contributed by atoms with van der Waals surface area (Å²) in [7, 11) is 0. The maximum absolute atomic E-state index is 9.03. The smallest absolute Gasteiger partial charge is 0.0669 e. The Labute approximate surface area is 178 Å². The van der Waals surface area contributed by atoms with Crippen LogP contribution in [0.2, 0.25) is 0 Å². The van der Waals surface area contributed by atoms with E-state index in [1.807, 2.05) is 19.1 Å². The largest absolute Gasteiger partial charge is 0.401 e. The van der Waals surface area contributed by atoms with Crippen LogP contribution in [0.4, 0.5) is 5.69 Å². The molecular formula is C25H29N5. The summed E-state index contributed by atoms with van der Waals surface area (Å²) in [5, 5.41) is 19.7. The van der Waals surface area contributed by atoms with Crippen LogP contribution in [-0.2, 0) is 6.42 Å². The quantitative estimate of drug-likeness (QED) is 0.626. The zero-order valence-electron chi connectivity index (χ0n) is 17.5. The van der Waals surface area contributed by atoms with Crippen LogP contribution in [0.15, 0.2) is 54.2 Å². The summed E-state index contributed by atoms with van der Waals surface area (Å²) in [6.07, 6.45) is 4.70. The van der Waals surface area contributed by atoms with Gasteiger partial charge in [0.2, 0.25) is 0 Å². The zero-order valence-corrected chi connectivity index (χ0v) is 17.5. The molecule has 5 heteroatoms. The second-order valence-corrected chi connectivity index (χ2v) is 7.99. The van der Waals surface area contributed by atoms with Crippen LogP contribution in [0.3, 0.4) is 0 Å². The van der Waals surface area contributed by atoms with Gasteiger partial charge >= 0.3 is 0 Å². The predicted octanol–water partition coefficient (Wildman–Crippen LogP) is 3.92.